The van der Waals surface area contributed by atoms with Crippen LogP contribution in [0.3, 0.4) is 0 Å². The summed E-state index contributed by atoms with van der Waals surface area (Å²) in [5, 5.41) is 2.55. The second-order valence-electron chi connectivity index (χ2n) is 6.70. The number of hydrogen-bond donors (Lipinski definition) is 1. The zero-order valence-electron chi connectivity index (χ0n) is 16.8. The fraction of sp³-hybridized carbons (Fsp3) is 0.238. The number of ether oxygens (including phenoxy) is 2. The van der Waals surface area contributed by atoms with E-state index in [2.05, 4.69) is 5.32 Å². The van der Waals surface area contributed by atoms with Crippen LogP contribution in [0, 0.1) is 5.82 Å². The lowest BCUT2D eigenvalue weighted by Gasteiger charge is -2.26. The number of amides is 1. The third-order valence-electron chi connectivity index (χ3n) is 4.43. The van der Waals surface area contributed by atoms with E-state index < -0.39 is 34.3 Å². The van der Waals surface area contributed by atoms with Gasteiger partial charge in [-0.2, -0.15) is 4.31 Å². The van der Waals surface area contributed by atoms with Gasteiger partial charge >= 0.3 is 5.97 Å². The lowest BCUT2D eigenvalue weighted by atomic mass is 10.2. The maximum Gasteiger partial charge on any atom is 0.331 e. The minimum Gasteiger partial charge on any atom is -0.452 e. The first-order valence-corrected chi connectivity index (χ1v) is 11.4. The Hall–Kier alpha value is -2.79. The quantitative estimate of drug-likeness (QED) is 0.481. The molecule has 1 N–H and O–H groups in total. The predicted molar refractivity (Wildman–Crippen MR) is 116 cm³/mol. The summed E-state index contributed by atoms with van der Waals surface area (Å²) in [6, 6.07) is 9.54. The van der Waals surface area contributed by atoms with Crippen LogP contribution in [0.15, 0.2) is 53.4 Å². The SMILES string of the molecule is O=C(COC(=O)/C=C/c1cccc(F)c1)Nc1cc(S(=O)(=O)N2CCOCC2)ccc1Cl. The normalized spacial score (nSPS) is 14.9. The zero-order chi connectivity index (χ0) is 23.1. The van der Waals surface area contributed by atoms with E-state index in [1.807, 2.05) is 0 Å². The molecule has 1 amide bonds. The number of esters is 1. The number of sulfonamides is 1. The van der Waals surface area contributed by atoms with Gasteiger partial charge in [0.25, 0.3) is 5.91 Å². The summed E-state index contributed by atoms with van der Waals surface area (Å²) in [5.41, 5.74) is 0.522. The number of carbonyl (C=O) groups excluding carboxylic acids is 2. The molecule has 0 saturated carbocycles. The molecule has 3 rings (SSSR count). The maximum atomic E-state index is 13.1. The lowest BCUT2D eigenvalue weighted by molar-refractivity contribution is -0.142. The standard InChI is InChI=1S/C21H20ClFN2O6S/c22-18-6-5-17(32(28,29)25-8-10-30-11-9-25)13-19(18)24-20(26)14-31-21(27)7-4-15-2-1-3-16(23)12-15/h1-7,12-13H,8-11,14H2,(H,24,26)/b7-4+. The molecule has 1 fully saturated rings. The zero-order valence-corrected chi connectivity index (χ0v) is 18.4. The van der Waals surface area contributed by atoms with Crippen LogP contribution >= 0.6 is 11.6 Å². The summed E-state index contributed by atoms with van der Waals surface area (Å²) in [5.74, 6) is -1.96. The Morgan fingerprint density at radius 3 is 2.66 bits per heavy atom. The number of nitrogens with zero attached hydrogens (tertiary/aromatic N) is 1. The fourth-order valence-corrected chi connectivity index (χ4v) is 4.44. The Bertz CT molecular complexity index is 1130. The van der Waals surface area contributed by atoms with Crippen molar-refractivity contribution in [2.24, 2.45) is 0 Å². The molecule has 1 saturated heterocycles. The summed E-state index contributed by atoms with van der Waals surface area (Å²) in [4.78, 5) is 23.9. The minimum atomic E-state index is -3.78. The Kier molecular flexibility index (Phi) is 7.97. The highest BCUT2D eigenvalue weighted by Gasteiger charge is 2.27. The first-order chi connectivity index (χ1) is 15.3. The number of halogens is 2. The third-order valence-corrected chi connectivity index (χ3v) is 6.65. The summed E-state index contributed by atoms with van der Waals surface area (Å²) >= 11 is 6.08. The van der Waals surface area contributed by atoms with Gasteiger partial charge in [0, 0.05) is 19.2 Å². The van der Waals surface area contributed by atoms with Gasteiger partial charge in [0.15, 0.2) is 6.61 Å². The van der Waals surface area contributed by atoms with E-state index in [0.717, 1.165) is 6.08 Å². The molecule has 170 valence electrons. The molecule has 8 nitrogen and oxygen atoms in total. The predicted octanol–water partition coefficient (Wildman–Crippen LogP) is 2.70. The third kappa shape index (κ3) is 6.36. The Morgan fingerprint density at radius 1 is 1.19 bits per heavy atom. The number of morpholine rings is 1. The van der Waals surface area contributed by atoms with Crippen molar-refractivity contribution in [3.05, 3.63) is 64.9 Å². The second kappa shape index (κ2) is 10.7. The molecule has 0 bridgehead atoms. The van der Waals surface area contributed by atoms with E-state index in [4.69, 9.17) is 21.1 Å². The summed E-state index contributed by atoms with van der Waals surface area (Å²) in [7, 11) is -3.78. The van der Waals surface area contributed by atoms with Crippen LogP contribution in [-0.2, 0) is 29.1 Å². The van der Waals surface area contributed by atoms with Gasteiger partial charge in [0.2, 0.25) is 10.0 Å². The van der Waals surface area contributed by atoms with Crippen LogP contribution in [-0.4, -0.2) is 57.5 Å². The molecule has 0 atom stereocenters. The summed E-state index contributed by atoms with van der Waals surface area (Å²) < 4.78 is 50.0. The average Bonchev–Trinajstić information content (AvgIpc) is 2.78. The molecular weight excluding hydrogens is 463 g/mol. The molecule has 1 aliphatic heterocycles. The van der Waals surface area contributed by atoms with Crippen molar-refractivity contribution in [1.29, 1.82) is 0 Å². The Morgan fingerprint density at radius 2 is 1.94 bits per heavy atom. The van der Waals surface area contributed by atoms with Gasteiger partial charge in [-0.15, -0.1) is 0 Å². The smallest absolute Gasteiger partial charge is 0.331 e. The van der Waals surface area contributed by atoms with Gasteiger partial charge in [-0.25, -0.2) is 17.6 Å². The van der Waals surface area contributed by atoms with Crippen molar-refractivity contribution in [3.8, 4) is 0 Å². The van der Waals surface area contributed by atoms with E-state index in [9.17, 15) is 22.4 Å². The molecule has 1 aliphatic rings. The van der Waals surface area contributed by atoms with Crippen LogP contribution in [0.5, 0.6) is 0 Å². The number of rotatable bonds is 7. The molecule has 1 heterocycles. The summed E-state index contributed by atoms with van der Waals surface area (Å²) in [6.07, 6.45) is 2.41. The van der Waals surface area contributed by atoms with Gasteiger partial charge in [-0.3, -0.25) is 4.79 Å². The highest BCUT2D eigenvalue weighted by molar-refractivity contribution is 7.89. The van der Waals surface area contributed by atoms with Gasteiger partial charge in [-0.05, 0) is 42.0 Å². The van der Waals surface area contributed by atoms with E-state index in [1.165, 1.54) is 46.8 Å². The molecular formula is C21H20ClFN2O6S. The maximum absolute atomic E-state index is 13.1. The summed E-state index contributed by atoms with van der Waals surface area (Å²) in [6.45, 7) is 0.436. The van der Waals surface area contributed by atoms with Gasteiger partial charge < -0.3 is 14.8 Å². The van der Waals surface area contributed by atoms with Crippen LogP contribution in [0.1, 0.15) is 5.56 Å². The number of hydrogen-bond acceptors (Lipinski definition) is 6. The van der Waals surface area contributed by atoms with Crippen molar-refractivity contribution >= 4 is 45.3 Å². The highest BCUT2D eigenvalue weighted by Crippen LogP contribution is 2.27. The average molecular weight is 483 g/mol. The van der Waals surface area contributed by atoms with E-state index in [0.29, 0.717) is 18.8 Å². The number of carbonyl (C=O) groups is 2. The van der Waals surface area contributed by atoms with Gasteiger partial charge in [-0.1, -0.05) is 23.7 Å². The molecule has 0 radical (unpaired) electrons. The van der Waals surface area contributed by atoms with Crippen molar-refractivity contribution in [3.63, 3.8) is 0 Å². The molecule has 2 aromatic carbocycles. The molecule has 2 aromatic rings. The van der Waals surface area contributed by atoms with Crippen LogP contribution in [0.2, 0.25) is 5.02 Å². The largest absolute Gasteiger partial charge is 0.452 e. The van der Waals surface area contributed by atoms with E-state index >= 15 is 0 Å². The van der Waals surface area contributed by atoms with Crippen molar-refractivity contribution in [1.82, 2.24) is 4.31 Å². The number of benzene rings is 2. The Labute approximate surface area is 189 Å². The molecule has 11 heteroatoms. The van der Waals surface area contributed by atoms with E-state index in [-0.39, 0.29) is 28.7 Å². The van der Waals surface area contributed by atoms with Crippen LogP contribution < -0.4 is 5.32 Å². The van der Waals surface area contributed by atoms with Crippen molar-refractivity contribution < 1.29 is 31.9 Å². The molecule has 0 aliphatic carbocycles. The second-order valence-corrected chi connectivity index (χ2v) is 9.05. The first kappa shape index (κ1) is 23.9. The number of anilines is 1. The molecule has 32 heavy (non-hydrogen) atoms. The highest BCUT2D eigenvalue weighted by atomic mass is 35.5. The van der Waals surface area contributed by atoms with Crippen LogP contribution in [0.4, 0.5) is 10.1 Å². The van der Waals surface area contributed by atoms with Crippen molar-refractivity contribution in [2.75, 3.05) is 38.2 Å². The first-order valence-electron chi connectivity index (χ1n) is 9.53. The van der Waals surface area contributed by atoms with Gasteiger partial charge in [0.1, 0.15) is 5.82 Å². The van der Waals surface area contributed by atoms with Gasteiger partial charge in [0.05, 0.1) is 28.8 Å². The fourth-order valence-electron chi connectivity index (χ4n) is 2.84. The minimum absolute atomic E-state index is 0.0332. The molecule has 0 spiro atoms. The monoisotopic (exact) mass is 482 g/mol. The van der Waals surface area contributed by atoms with Crippen molar-refractivity contribution in [2.45, 2.75) is 4.90 Å². The van der Waals surface area contributed by atoms with E-state index in [1.54, 1.807) is 6.07 Å². The molecule has 0 aromatic heterocycles. The lowest BCUT2D eigenvalue weighted by Crippen LogP contribution is -2.40. The topological polar surface area (TPSA) is 102 Å². The number of nitrogens with one attached hydrogen (secondary N) is 1. The Balaban J connectivity index is 1.59. The molecule has 0 unspecified atom stereocenters. The van der Waals surface area contributed by atoms with Crippen LogP contribution in [0.25, 0.3) is 6.08 Å².